The second-order valence-electron chi connectivity index (χ2n) is 4.48. The molecule has 0 aromatic carbocycles. The van der Waals surface area contributed by atoms with Gasteiger partial charge in [0.2, 0.25) is 11.8 Å². The SMILES string of the molecule is CC(C)(NC(=O)NC(CCC(N)=O)C(=O)O)C(N)=O. The molecule has 0 saturated carbocycles. The van der Waals surface area contributed by atoms with E-state index < -0.39 is 35.4 Å². The maximum atomic E-state index is 11.5. The van der Waals surface area contributed by atoms with Crippen LogP contribution in [-0.4, -0.2) is 40.5 Å². The van der Waals surface area contributed by atoms with Gasteiger partial charge >= 0.3 is 12.0 Å². The van der Waals surface area contributed by atoms with E-state index in [4.69, 9.17) is 16.6 Å². The third-order valence-electron chi connectivity index (χ3n) is 2.32. The minimum atomic E-state index is -1.32. The number of nitrogens with two attached hydrogens (primary N) is 2. The van der Waals surface area contributed by atoms with Crippen LogP contribution < -0.4 is 22.1 Å². The number of hydrogen-bond acceptors (Lipinski definition) is 4. The number of aliphatic carboxylic acids is 1. The van der Waals surface area contributed by atoms with Crippen molar-refractivity contribution in [2.45, 2.75) is 38.3 Å². The van der Waals surface area contributed by atoms with E-state index in [9.17, 15) is 19.2 Å². The monoisotopic (exact) mass is 274 g/mol. The molecule has 0 aliphatic carbocycles. The molecular weight excluding hydrogens is 256 g/mol. The molecule has 0 fully saturated rings. The number of urea groups is 1. The average molecular weight is 274 g/mol. The van der Waals surface area contributed by atoms with E-state index in [-0.39, 0.29) is 12.8 Å². The average Bonchev–Trinajstić information content (AvgIpc) is 2.22. The van der Waals surface area contributed by atoms with E-state index in [0.717, 1.165) is 0 Å². The molecule has 0 aromatic rings. The van der Waals surface area contributed by atoms with Gasteiger partial charge in [-0.25, -0.2) is 9.59 Å². The van der Waals surface area contributed by atoms with E-state index >= 15 is 0 Å². The highest BCUT2D eigenvalue weighted by atomic mass is 16.4. The lowest BCUT2D eigenvalue weighted by atomic mass is 10.1. The van der Waals surface area contributed by atoms with Crippen LogP contribution in [0.3, 0.4) is 0 Å². The molecule has 0 saturated heterocycles. The molecule has 9 heteroatoms. The van der Waals surface area contributed by atoms with Crippen LogP contribution in [0, 0.1) is 0 Å². The summed E-state index contributed by atoms with van der Waals surface area (Å²) >= 11 is 0. The number of amides is 4. The fourth-order valence-electron chi connectivity index (χ4n) is 1.08. The molecule has 108 valence electrons. The molecule has 0 heterocycles. The van der Waals surface area contributed by atoms with Crippen LogP contribution in [0.2, 0.25) is 0 Å². The Morgan fingerprint density at radius 1 is 1.21 bits per heavy atom. The first-order chi connectivity index (χ1) is 8.56. The van der Waals surface area contributed by atoms with E-state index in [2.05, 4.69) is 10.6 Å². The van der Waals surface area contributed by atoms with Crippen LogP contribution in [0.15, 0.2) is 0 Å². The van der Waals surface area contributed by atoms with Crippen molar-refractivity contribution in [3.63, 3.8) is 0 Å². The Bertz CT molecular complexity index is 393. The van der Waals surface area contributed by atoms with Gasteiger partial charge in [0.15, 0.2) is 0 Å². The minimum Gasteiger partial charge on any atom is -0.480 e. The summed E-state index contributed by atoms with van der Waals surface area (Å²) in [5.74, 6) is -2.76. The quantitative estimate of drug-likeness (QED) is 0.371. The standard InChI is InChI=1S/C10H18N4O5/c1-10(2,8(12)18)14-9(19)13-5(7(16)17)3-4-6(11)15/h5H,3-4H2,1-2H3,(H2,11,15)(H2,12,18)(H,16,17)(H2,13,14,19). The second-order valence-corrected chi connectivity index (χ2v) is 4.48. The van der Waals surface area contributed by atoms with E-state index in [1.165, 1.54) is 13.8 Å². The third-order valence-corrected chi connectivity index (χ3v) is 2.32. The lowest BCUT2D eigenvalue weighted by molar-refractivity contribution is -0.139. The number of hydrogen-bond donors (Lipinski definition) is 5. The van der Waals surface area contributed by atoms with Gasteiger partial charge in [0.1, 0.15) is 11.6 Å². The molecule has 1 atom stereocenters. The molecule has 7 N–H and O–H groups in total. The van der Waals surface area contributed by atoms with Crippen molar-refractivity contribution in [1.82, 2.24) is 10.6 Å². The predicted molar refractivity (Wildman–Crippen MR) is 64.8 cm³/mol. The summed E-state index contributed by atoms with van der Waals surface area (Å²) in [4.78, 5) is 43.9. The maximum absolute atomic E-state index is 11.5. The molecule has 0 bridgehead atoms. The molecule has 9 nitrogen and oxygen atoms in total. The zero-order valence-electron chi connectivity index (χ0n) is 10.7. The number of nitrogens with one attached hydrogen (secondary N) is 2. The van der Waals surface area contributed by atoms with E-state index in [1.54, 1.807) is 0 Å². The summed E-state index contributed by atoms with van der Waals surface area (Å²) in [5.41, 5.74) is 8.62. The number of carboxylic acids is 1. The Hall–Kier alpha value is -2.32. The Morgan fingerprint density at radius 2 is 1.74 bits per heavy atom. The second kappa shape index (κ2) is 6.57. The van der Waals surface area contributed by atoms with E-state index in [1.807, 2.05) is 0 Å². The number of carbonyl (C=O) groups excluding carboxylic acids is 3. The highest BCUT2D eigenvalue weighted by molar-refractivity contribution is 5.90. The van der Waals surface area contributed by atoms with Crippen molar-refractivity contribution in [2.75, 3.05) is 0 Å². The normalized spacial score (nSPS) is 12.3. The molecule has 0 aromatic heterocycles. The molecule has 19 heavy (non-hydrogen) atoms. The Labute approximate surface area is 109 Å². The number of primary amides is 2. The summed E-state index contributed by atoms with van der Waals surface area (Å²) in [6.07, 6.45) is -0.328. The van der Waals surface area contributed by atoms with Crippen LogP contribution in [0.25, 0.3) is 0 Å². The molecule has 4 amide bonds. The first kappa shape index (κ1) is 16.7. The van der Waals surface area contributed by atoms with Crippen molar-refractivity contribution in [1.29, 1.82) is 0 Å². The summed E-state index contributed by atoms with van der Waals surface area (Å²) in [6, 6.07) is -2.16. The van der Waals surface area contributed by atoms with Gasteiger partial charge in [-0.05, 0) is 20.3 Å². The Morgan fingerprint density at radius 3 is 2.11 bits per heavy atom. The van der Waals surface area contributed by atoms with Crippen molar-refractivity contribution in [2.24, 2.45) is 11.5 Å². The number of carbonyl (C=O) groups is 4. The molecule has 0 rings (SSSR count). The molecule has 0 spiro atoms. The van der Waals surface area contributed by atoms with Gasteiger partial charge in [-0.3, -0.25) is 9.59 Å². The van der Waals surface area contributed by atoms with Gasteiger partial charge in [-0.2, -0.15) is 0 Å². The molecule has 1 unspecified atom stereocenters. The fourth-order valence-corrected chi connectivity index (χ4v) is 1.08. The van der Waals surface area contributed by atoms with Gasteiger partial charge in [-0.15, -0.1) is 0 Å². The van der Waals surface area contributed by atoms with Crippen molar-refractivity contribution in [3.8, 4) is 0 Å². The lowest BCUT2D eigenvalue weighted by Crippen LogP contribution is -2.58. The first-order valence-electron chi connectivity index (χ1n) is 5.46. The topological polar surface area (TPSA) is 165 Å². The van der Waals surface area contributed by atoms with Gasteiger partial charge in [0, 0.05) is 6.42 Å². The molecular formula is C10H18N4O5. The first-order valence-corrected chi connectivity index (χ1v) is 5.46. The van der Waals surface area contributed by atoms with Gasteiger partial charge in [0.05, 0.1) is 0 Å². The van der Waals surface area contributed by atoms with Crippen LogP contribution in [-0.2, 0) is 14.4 Å². The van der Waals surface area contributed by atoms with Crippen LogP contribution in [0.5, 0.6) is 0 Å². The zero-order valence-corrected chi connectivity index (χ0v) is 10.7. The van der Waals surface area contributed by atoms with E-state index in [0.29, 0.717) is 0 Å². The van der Waals surface area contributed by atoms with Crippen molar-refractivity contribution >= 4 is 23.8 Å². The van der Waals surface area contributed by atoms with Crippen LogP contribution in [0.4, 0.5) is 4.79 Å². The Kier molecular flexibility index (Phi) is 5.77. The summed E-state index contributed by atoms with van der Waals surface area (Å²) in [7, 11) is 0. The van der Waals surface area contributed by atoms with Crippen molar-refractivity contribution < 1.29 is 24.3 Å². The van der Waals surface area contributed by atoms with Gasteiger partial charge in [-0.1, -0.05) is 0 Å². The number of carboxylic acid groups (broad SMARTS) is 1. The van der Waals surface area contributed by atoms with Crippen LogP contribution in [0.1, 0.15) is 26.7 Å². The Balaban J connectivity index is 4.52. The van der Waals surface area contributed by atoms with Gasteiger partial charge in [0.25, 0.3) is 0 Å². The minimum absolute atomic E-state index is 0.144. The molecule has 0 aliphatic heterocycles. The molecule has 0 radical (unpaired) electrons. The summed E-state index contributed by atoms with van der Waals surface area (Å²) < 4.78 is 0. The number of rotatable bonds is 7. The third kappa shape index (κ3) is 6.24. The molecule has 0 aliphatic rings. The maximum Gasteiger partial charge on any atom is 0.326 e. The zero-order chi connectivity index (χ0) is 15.2. The summed E-state index contributed by atoms with van der Waals surface area (Å²) in [6.45, 7) is 2.74. The summed E-state index contributed by atoms with van der Waals surface area (Å²) in [5, 5.41) is 13.2. The highest BCUT2D eigenvalue weighted by Crippen LogP contribution is 2.01. The van der Waals surface area contributed by atoms with Crippen LogP contribution >= 0.6 is 0 Å². The smallest absolute Gasteiger partial charge is 0.326 e. The highest BCUT2D eigenvalue weighted by Gasteiger charge is 2.29. The predicted octanol–water partition coefficient (Wildman–Crippen LogP) is -1.73. The van der Waals surface area contributed by atoms with Crippen molar-refractivity contribution in [3.05, 3.63) is 0 Å². The van der Waals surface area contributed by atoms with Gasteiger partial charge < -0.3 is 27.2 Å². The lowest BCUT2D eigenvalue weighted by Gasteiger charge is -2.23. The largest absolute Gasteiger partial charge is 0.480 e. The fraction of sp³-hybridized carbons (Fsp3) is 0.600.